The van der Waals surface area contributed by atoms with Gasteiger partial charge in [0, 0.05) is 6.42 Å². The topological polar surface area (TPSA) is 69.6 Å². The Morgan fingerprint density at radius 2 is 1.87 bits per heavy atom. The second kappa shape index (κ2) is 8.41. The minimum absolute atomic E-state index is 0.154. The third-order valence-corrected chi connectivity index (χ3v) is 3.60. The molecule has 0 radical (unpaired) electrons. The number of carbonyl (C=O) groups is 1. The van der Waals surface area contributed by atoms with Crippen LogP contribution in [-0.2, 0) is 11.2 Å². The number of benzene rings is 2. The van der Waals surface area contributed by atoms with Crippen molar-refractivity contribution in [3.63, 3.8) is 0 Å². The minimum Gasteiger partial charge on any atom is -0.394 e. The fourth-order valence-electron chi connectivity index (χ4n) is 2.34. The van der Waals surface area contributed by atoms with Gasteiger partial charge in [-0.1, -0.05) is 42.5 Å². The lowest BCUT2D eigenvalue weighted by Gasteiger charge is -2.22. The molecule has 2 atom stereocenters. The first kappa shape index (κ1) is 17.1. The van der Waals surface area contributed by atoms with E-state index in [0.29, 0.717) is 12.0 Å². The first-order valence-electron chi connectivity index (χ1n) is 7.48. The Bertz CT molecular complexity index is 633. The van der Waals surface area contributed by atoms with Gasteiger partial charge in [-0.3, -0.25) is 4.79 Å². The van der Waals surface area contributed by atoms with Gasteiger partial charge in [-0.25, -0.2) is 4.39 Å². The Labute approximate surface area is 134 Å². The van der Waals surface area contributed by atoms with Crippen molar-refractivity contribution in [1.29, 1.82) is 0 Å². The van der Waals surface area contributed by atoms with Crippen molar-refractivity contribution >= 4 is 5.91 Å². The van der Waals surface area contributed by atoms with Gasteiger partial charge in [0.15, 0.2) is 0 Å². The molecule has 0 aliphatic carbocycles. The van der Waals surface area contributed by atoms with Crippen molar-refractivity contribution in [1.82, 2.24) is 5.32 Å². The van der Waals surface area contributed by atoms with Gasteiger partial charge in [-0.05, 0) is 29.7 Å². The molecule has 0 saturated carbocycles. The molecule has 5 heteroatoms. The van der Waals surface area contributed by atoms with E-state index in [1.54, 1.807) is 36.4 Å². The van der Waals surface area contributed by atoms with Gasteiger partial charge in [0.25, 0.3) is 0 Å². The molecule has 23 heavy (non-hydrogen) atoms. The second-order valence-electron chi connectivity index (χ2n) is 5.34. The van der Waals surface area contributed by atoms with Crippen molar-refractivity contribution in [3.05, 3.63) is 71.5 Å². The Balaban J connectivity index is 1.89. The van der Waals surface area contributed by atoms with Gasteiger partial charge >= 0.3 is 0 Å². The lowest BCUT2D eigenvalue weighted by atomic mass is 10.0. The summed E-state index contributed by atoms with van der Waals surface area (Å²) in [5.41, 5.74) is 1.35. The zero-order valence-corrected chi connectivity index (χ0v) is 12.7. The van der Waals surface area contributed by atoms with E-state index in [4.69, 9.17) is 0 Å². The summed E-state index contributed by atoms with van der Waals surface area (Å²) in [6, 6.07) is 14.1. The quantitative estimate of drug-likeness (QED) is 0.731. The molecule has 3 N–H and O–H groups in total. The van der Waals surface area contributed by atoms with E-state index in [-0.39, 0.29) is 24.8 Å². The number of rotatable bonds is 7. The summed E-state index contributed by atoms with van der Waals surface area (Å²) in [6.45, 7) is -0.373. The highest BCUT2D eigenvalue weighted by atomic mass is 19.1. The van der Waals surface area contributed by atoms with E-state index < -0.39 is 12.1 Å². The Morgan fingerprint density at radius 3 is 2.52 bits per heavy atom. The van der Waals surface area contributed by atoms with E-state index in [1.165, 1.54) is 12.1 Å². The summed E-state index contributed by atoms with van der Waals surface area (Å²) >= 11 is 0. The predicted molar refractivity (Wildman–Crippen MR) is 85.1 cm³/mol. The molecule has 0 spiro atoms. The fourth-order valence-corrected chi connectivity index (χ4v) is 2.34. The first-order valence-corrected chi connectivity index (χ1v) is 7.48. The highest BCUT2D eigenvalue weighted by Gasteiger charge is 2.21. The standard InChI is InChI=1S/C18H20FNO3/c19-15-8-4-5-13(11-15)9-10-17(22)20-16(12-21)18(23)14-6-2-1-3-7-14/h1-8,11,16,18,21,23H,9-10,12H2,(H,20,22)/t16-,18-/m0/s1. The van der Waals surface area contributed by atoms with Crippen molar-refractivity contribution < 1.29 is 19.4 Å². The van der Waals surface area contributed by atoms with Crippen LogP contribution in [0.1, 0.15) is 23.7 Å². The fraction of sp³-hybridized carbons (Fsp3) is 0.278. The summed E-state index contributed by atoms with van der Waals surface area (Å²) in [5.74, 6) is -0.640. The lowest BCUT2D eigenvalue weighted by molar-refractivity contribution is -0.123. The lowest BCUT2D eigenvalue weighted by Crippen LogP contribution is -2.42. The van der Waals surface area contributed by atoms with Crippen LogP contribution in [0.15, 0.2) is 54.6 Å². The van der Waals surface area contributed by atoms with E-state index in [0.717, 1.165) is 5.56 Å². The number of aliphatic hydroxyl groups excluding tert-OH is 2. The summed E-state index contributed by atoms with van der Waals surface area (Å²) in [5, 5.41) is 22.2. The highest BCUT2D eigenvalue weighted by molar-refractivity contribution is 5.76. The van der Waals surface area contributed by atoms with Crippen LogP contribution in [0.3, 0.4) is 0 Å². The number of hydrogen-bond donors (Lipinski definition) is 3. The molecule has 0 saturated heterocycles. The van der Waals surface area contributed by atoms with E-state index >= 15 is 0 Å². The third kappa shape index (κ3) is 5.16. The molecule has 2 aromatic carbocycles. The van der Waals surface area contributed by atoms with Crippen molar-refractivity contribution in [2.24, 2.45) is 0 Å². The number of aliphatic hydroxyl groups is 2. The van der Waals surface area contributed by atoms with Crippen molar-refractivity contribution in [3.8, 4) is 0 Å². The van der Waals surface area contributed by atoms with E-state index in [2.05, 4.69) is 5.32 Å². The number of hydrogen-bond acceptors (Lipinski definition) is 3. The maximum absolute atomic E-state index is 13.1. The monoisotopic (exact) mass is 317 g/mol. The molecule has 0 aliphatic rings. The Morgan fingerprint density at radius 1 is 1.13 bits per heavy atom. The van der Waals surface area contributed by atoms with Gasteiger partial charge in [0.05, 0.1) is 12.6 Å². The molecule has 2 aromatic rings. The SMILES string of the molecule is O=C(CCc1cccc(F)c1)N[C@@H](CO)[C@@H](O)c1ccccc1. The molecule has 0 fully saturated rings. The molecular formula is C18H20FNO3. The maximum atomic E-state index is 13.1. The minimum atomic E-state index is -0.987. The average Bonchev–Trinajstić information content (AvgIpc) is 2.58. The second-order valence-corrected chi connectivity index (χ2v) is 5.34. The van der Waals surface area contributed by atoms with Crippen LogP contribution >= 0.6 is 0 Å². The molecule has 0 aliphatic heterocycles. The first-order chi connectivity index (χ1) is 11.1. The van der Waals surface area contributed by atoms with Crippen LogP contribution < -0.4 is 5.32 Å². The molecule has 122 valence electrons. The Hall–Kier alpha value is -2.24. The molecular weight excluding hydrogens is 297 g/mol. The zero-order valence-electron chi connectivity index (χ0n) is 12.7. The van der Waals surface area contributed by atoms with Crippen LogP contribution in [0.25, 0.3) is 0 Å². The molecule has 0 unspecified atom stereocenters. The molecule has 1 amide bonds. The highest BCUT2D eigenvalue weighted by Crippen LogP contribution is 2.16. The normalized spacial score (nSPS) is 13.3. The van der Waals surface area contributed by atoms with Gasteiger partial charge in [0.2, 0.25) is 5.91 Å². The van der Waals surface area contributed by atoms with Crippen LogP contribution in [0.2, 0.25) is 0 Å². The number of amides is 1. The predicted octanol–water partition coefficient (Wildman–Crippen LogP) is 1.97. The molecule has 0 aromatic heterocycles. The van der Waals surface area contributed by atoms with Crippen LogP contribution in [0.4, 0.5) is 4.39 Å². The molecule has 4 nitrogen and oxygen atoms in total. The summed E-state index contributed by atoms with van der Waals surface area (Å²) in [6.07, 6.45) is -0.440. The van der Waals surface area contributed by atoms with E-state index in [1.807, 2.05) is 6.07 Å². The molecule has 0 bridgehead atoms. The van der Waals surface area contributed by atoms with Gasteiger partial charge in [-0.15, -0.1) is 0 Å². The number of carbonyl (C=O) groups excluding carboxylic acids is 1. The van der Waals surface area contributed by atoms with Crippen LogP contribution in [0.5, 0.6) is 0 Å². The number of aryl methyl sites for hydroxylation is 1. The summed E-state index contributed by atoms with van der Waals surface area (Å²) in [4.78, 5) is 12.0. The third-order valence-electron chi connectivity index (χ3n) is 3.60. The Kier molecular flexibility index (Phi) is 6.26. The van der Waals surface area contributed by atoms with Gasteiger partial charge in [-0.2, -0.15) is 0 Å². The van der Waals surface area contributed by atoms with Crippen LogP contribution in [0, 0.1) is 5.82 Å². The average molecular weight is 317 g/mol. The van der Waals surface area contributed by atoms with E-state index in [9.17, 15) is 19.4 Å². The van der Waals surface area contributed by atoms with Gasteiger partial charge in [0.1, 0.15) is 11.9 Å². The molecule has 2 rings (SSSR count). The smallest absolute Gasteiger partial charge is 0.220 e. The summed E-state index contributed by atoms with van der Waals surface area (Å²) < 4.78 is 13.1. The van der Waals surface area contributed by atoms with Gasteiger partial charge < -0.3 is 15.5 Å². The van der Waals surface area contributed by atoms with Crippen molar-refractivity contribution in [2.45, 2.75) is 25.0 Å². The number of nitrogens with one attached hydrogen (secondary N) is 1. The maximum Gasteiger partial charge on any atom is 0.220 e. The summed E-state index contributed by atoms with van der Waals surface area (Å²) in [7, 11) is 0. The van der Waals surface area contributed by atoms with Crippen LogP contribution in [-0.4, -0.2) is 28.8 Å². The number of halogens is 1. The van der Waals surface area contributed by atoms with Crippen molar-refractivity contribution in [2.75, 3.05) is 6.61 Å². The largest absolute Gasteiger partial charge is 0.394 e. The zero-order chi connectivity index (χ0) is 16.7. The molecule has 0 heterocycles.